The summed E-state index contributed by atoms with van der Waals surface area (Å²) in [6.07, 6.45) is 4.38. The van der Waals surface area contributed by atoms with E-state index in [0.29, 0.717) is 6.54 Å². The second kappa shape index (κ2) is 10.1. The standard InChI is InChI=1S/C15H23N5O2.ClH/c1-2-5-18-15(22)19-14(21)11-20-8-7-17-10-13(20)12-4-3-6-16-9-12;/h3-4,6,9,13,17H,2,5,7-8,10-11H2,1H3,(H2,18,19,21,22);1H. The Morgan fingerprint density at radius 1 is 1.48 bits per heavy atom. The van der Waals surface area contributed by atoms with Crippen LogP contribution in [0, 0.1) is 0 Å². The van der Waals surface area contributed by atoms with Gasteiger partial charge in [0, 0.05) is 44.6 Å². The number of pyridine rings is 1. The molecular formula is C15H24ClN5O2. The number of carbonyl (C=O) groups excluding carboxylic acids is 2. The highest BCUT2D eigenvalue weighted by Gasteiger charge is 2.26. The van der Waals surface area contributed by atoms with E-state index in [1.54, 1.807) is 6.20 Å². The lowest BCUT2D eigenvalue weighted by Gasteiger charge is -2.35. The summed E-state index contributed by atoms with van der Waals surface area (Å²) in [5, 5.41) is 8.32. The maximum atomic E-state index is 12.0. The average molecular weight is 342 g/mol. The quantitative estimate of drug-likeness (QED) is 0.733. The van der Waals surface area contributed by atoms with Crippen LogP contribution < -0.4 is 16.0 Å². The van der Waals surface area contributed by atoms with E-state index < -0.39 is 6.03 Å². The van der Waals surface area contributed by atoms with Crippen LogP contribution in [0.2, 0.25) is 0 Å². The van der Waals surface area contributed by atoms with Gasteiger partial charge in [-0.1, -0.05) is 13.0 Å². The van der Waals surface area contributed by atoms with Crippen LogP contribution >= 0.6 is 12.4 Å². The first-order valence-corrected chi connectivity index (χ1v) is 7.63. The summed E-state index contributed by atoms with van der Waals surface area (Å²) in [7, 11) is 0. The van der Waals surface area contributed by atoms with Crippen LogP contribution in [0.3, 0.4) is 0 Å². The van der Waals surface area contributed by atoms with Crippen LogP contribution in [0.1, 0.15) is 24.9 Å². The van der Waals surface area contributed by atoms with Crippen molar-refractivity contribution in [2.75, 3.05) is 32.7 Å². The first-order chi connectivity index (χ1) is 10.7. The molecule has 1 aromatic rings. The molecule has 2 rings (SSSR count). The van der Waals surface area contributed by atoms with Gasteiger partial charge in [0.05, 0.1) is 6.54 Å². The maximum Gasteiger partial charge on any atom is 0.321 e. The number of rotatable bonds is 5. The van der Waals surface area contributed by atoms with E-state index in [4.69, 9.17) is 0 Å². The number of hydrogen-bond acceptors (Lipinski definition) is 5. The molecule has 0 bridgehead atoms. The van der Waals surface area contributed by atoms with Gasteiger partial charge in [0.25, 0.3) is 0 Å². The molecule has 1 atom stereocenters. The Bertz CT molecular complexity index is 500. The zero-order chi connectivity index (χ0) is 15.8. The van der Waals surface area contributed by atoms with Crippen molar-refractivity contribution < 1.29 is 9.59 Å². The molecule has 128 valence electrons. The first-order valence-electron chi connectivity index (χ1n) is 7.63. The fourth-order valence-corrected chi connectivity index (χ4v) is 2.47. The summed E-state index contributed by atoms with van der Waals surface area (Å²) < 4.78 is 0. The zero-order valence-corrected chi connectivity index (χ0v) is 14.1. The van der Waals surface area contributed by atoms with Crippen molar-refractivity contribution >= 4 is 24.3 Å². The minimum absolute atomic E-state index is 0. The van der Waals surface area contributed by atoms with Gasteiger partial charge in [-0.15, -0.1) is 12.4 Å². The highest BCUT2D eigenvalue weighted by molar-refractivity contribution is 5.95. The van der Waals surface area contributed by atoms with Gasteiger partial charge in [0.15, 0.2) is 0 Å². The molecular weight excluding hydrogens is 318 g/mol. The maximum absolute atomic E-state index is 12.0. The second-order valence-electron chi connectivity index (χ2n) is 5.28. The molecule has 0 aliphatic carbocycles. The number of aromatic nitrogens is 1. The van der Waals surface area contributed by atoms with Crippen LogP contribution in [0.4, 0.5) is 4.79 Å². The molecule has 0 aromatic carbocycles. The third-order valence-electron chi connectivity index (χ3n) is 3.56. The van der Waals surface area contributed by atoms with E-state index >= 15 is 0 Å². The minimum atomic E-state index is -0.431. The molecule has 1 aliphatic rings. The fraction of sp³-hybridized carbons (Fsp3) is 0.533. The van der Waals surface area contributed by atoms with Gasteiger partial charge in [-0.2, -0.15) is 0 Å². The topological polar surface area (TPSA) is 86.4 Å². The number of piperazine rings is 1. The predicted octanol–water partition coefficient (Wildman–Crippen LogP) is 0.685. The molecule has 0 radical (unpaired) electrons. The van der Waals surface area contributed by atoms with E-state index in [2.05, 4.69) is 25.8 Å². The summed E-state index contributed by atoms with van der Waals surface area (Å²) in [6, 6.07) is 3.55. The Balaban J connectivity index is 0.00000264. The smallest absolute Gasteiger partial charge is 0.321 e. The highest BCUT2D eigenvalue weighted by Crippen LogP contribution is 2.20. The van der Waals surface area contributed by atoms with Crippen LogP contribution in [0.5, 0.6) is 0 Å². The summed E-state index contributed by atoms with van der Waals surface area (Å²) >= 11 is 0. The Hall–Kier alpha value is -1.70. The third kappa shape index (κ3) is 6.13. The second-order valence-corrected chi connectivity index (χ2v) is 5.28. The van der Waals surface area contributed by atoms with Gasteiger partial charge < -0.3 is 10.6 Å². The van der Waals surface area contributed by atoms with Gasteiger partial charge in [0.1, 0.15) is 0 Å². The molecule has 23 heavy (non-hydrogen) atoms. The molecule has 2 heterocycles. The molecule has 1 aromatic heterocycles. The fourth-order valence-electron chi connectivity index (χ4n) is 2.47. The lowest BCUT2D eigenvalue weighted by atomic mass is 10.1. The molecule has 1 aliphatic heterocycles. The molecule has 0 spiro atoms. The number of hydrogen-bond donors (Lipinski definition) is 3. The van der Waals surface area contributed by atoms with Gasteiger partial charge in [-0.05, 0) is 18.1 Å². The predicted molar refractivity (Wildman–Crippen MR) is 90.5 cm³/mol. The van der Waals surface area contributed by atoms with E-state index in [-0.39, 0.29) is 30.9 Å². The van der Waals surface area contributed by atoms with Crippen molar-refractivity contribution in [2.24, 2.45) is 0 Å². The van der Waals surface area contributed by atoms with Crippen molar-refractivity contribution in [1.82, 2.24) is 25.8 Å². The summed E-state index contributed by atoms with van der Waals surface area (Å²) in [5.74, 6) is -0.288. The van der Waals surface area contributed by atoms with E-state index in [9.17, 15) is 9.59 Å². The Morgan fingerprint density at radius 2 is 2.30 bits per heavy atom. The lowest BCUT2D eigenvalue weighted by Crippen LogP contribution is -2.51. The van der Waals surface area contributed by atoms with Crippen molar-refractivity contribution in [2.45, 2.75) is 19.4 Å². The van der Waals surface area contributed by atoms with E-state index in [0.717, 1.165) is 31.6 Å². The van der Waals surface area contributed by atoms with E-state index in [1.165, 1.54) is 0 Å². The normalized spacial score (nSPS) is 17.9. The van der Waals surface area contributed by atoms with Crippen LogP contribution in [-0.2, 0) is 4.79 Å². The van der Waals surface area contributed by atoms with Crippen LogP contribution in [0.25, 0.3) is 0 Å². The Labute approximate surface area is 142 Å². The molecule has 3 amide bonds. The van der Waals surface area contributed by atoms with Crippen molar-refractivity contribution in [3.8, 4) is 0 Å². The van der Waals surface area contributed by atoms with Crippen molar-refractivity contribution in [3.05, 3.63) is 30.1 Å². The molecule has 0 saturated carbocycles. The van der Waals surface area contributed by atoms with Crippen LogP contribution in [0.15, 0.2) is 24.5 Å². The van der Waals surface area contributed by atoms with Gasteiger partial charge in [0.2, 0.25) is 5.91 Å². The highest BCUT2D eigenvalue weighted by atomic mass is 35.5. The number of halogens is 1. The summed E-state index contributed by atoms with van der Waals surface area (Å²) in [6.45, 7) is 5.06. The van der Waals surface area contributed by atoms with Gasteiger partial charge in [-0.25, -0.2) is 4.79 Å². The van der Waals surface area contributed by atoms with Crippen molar-refractivity contribution in [3.63, 3.8) is 0 Å². The number of carbonyl (C=O) groups is 2. The average Bonchev–Trinajstić information content (AvgIpc) is 2.54. The third-order valence-corrected chi connectivity index (χ3v) is 3.56. The van der Waals surface area contributed by atoms with Crippen molar-refractivity contribution in [1.29, 1.82) is 0 Å². The monoisotopic (exact) mass is 341 g/mol. The molecule has 7 nitrogen and oxygen atoms in total. The molecule has 3 N–H and O–H groups in total. The SMILES string of the molecule is CCCNC(=O)NC(=O)CN1CCNCC1c1cccnc1.Cl. The van der Waals surface area contributed by atoms with Gasteiger partial charge in [-0.3, -0.25) is 20.0 Å². The molecule has 1 saturated heterocycles. The Morgan fingerprint density at radius 3 is 3.00 bits per heavy atom. The minimum Gasteiger partial charge on any atom is -0.338 e. The lowest BCUT2D eigenvalue weighted by molar-refractivity contribution is -0.122. The zero-order valence-electron chi connectivity index (χ0n) is 13.2. The first kappa shape index (κ1) is 19.3. The number of imide groups is 1. The van der Waals surface area contributed by atoms with Crippen LogP contribution in [-0.4, -0.2) is 54.5 Å². The molecule has 1 fully saturated rings. The molecule has 8 heteroatoms. The summed E-state index contributed by atoms with van der Waals surface area (Å²) in [4.78, 5) is 29.7. The molecule has 1 unspecified atom stereocenters. The Kier molecular flexibility index (Phi) is 8.53. The summed E-state index contributed by atoms with van der Waals surface area (Å²) in [5.41, 5.74) is 1.07. The van der Waals surface area contributed by atoms with E-state index in [1.807, 2.05) is 25.3 Å². The van der Waals surface area contributed by atoms with Gasteiger partial charge >= 0.3 is 6.03 Å². The number of nitrogens with zero attached hydrogens (tertiary/aromatic N) is 2. The number of urea groups is 1. The largest absolute Gasteiger partial charge is 0.338 e. The number of nitrogens with one attached hydrogen (secondary N) is 3. The number of amides is 3.